The summed E-state index contributed by atoms with van der Waals surface area (Å²) in [6.45, 7) is 5.49. The van der Waals surface area contributed by atoms with Gasteiger partial charge < -0.3 is 4.90 Å². The molecule has 0 amide bonds. The topological polar surface area (TPSA) is 3.24 Å². The van der Waals surface area contributed by atoms with Gasteiger partial charge in [0.05, 0.1) is 0 Å². The van der Waals surface area contributed by atoms with Gasteiger partial charge in [0.1, 0.15) is 0 Å². The fourth-order valence-electron chi connectivity index (χ4n) is 0.807. The van der Waals surface area contributed by atoms with Crippen LogP contribution >= 0.6 is 12.6 Å². The molecule has 0 bridgehead atoms. The van der Waals surface area contributed by atoms with Gasteiger partial charge in [0.2, 0.25) is 0 Å². The van der Waals surface area contributed by atoms with Gasteiger partial charge in [0, 0.05) is 18.3 Å². The van der Waals surface area contributed by atoms with Crippen LogP contribution in [0.2, 0.25) is 0 Å². The van der Waals surface area contributed by atoms with E-state index in [9.17, 15) is 0 Å². The first-order valence-corrected chi connectivity index (χ1v) is 4.81. The molecule has 0 aromatic carbocycles. The predicted octanol–water partition coefficient (Wildman–Crippen LogP) is 2.20. The summed E-state index contributed by atoms with van der Waals surface area (Å²) in [6, 6.07) is 0.680. The Morgan fingerprint density at radius 1 is 1.45 bits per heavy atom. The normalized spacial score (nSPS) is 14.6. The van der Waals surface area contributed by atoms with Crippen LogP contribution in [0.3, 0.4) is 0 Å². The van der Waals surface area contributed by atoms with E-state index in [2.05, 4.69) is 50.6 Å². The Morgan fingerprint density at radius 2 is 2.09 bits per heavy atom. The zero-order valence-electron chi connectivity index (χ0n) is 7.75. The number of hydrogen-bond acceptors (Lipinski definition) is 2. The van der Waals surface area contributed by atoms with E-state index in [0.717, 1.165) is 12.3 Å². The summed E-state index contributed by atoms with van der Waals surface area (Å²) in [4.78, 5) is 2.33. The number of rotatable bonds is 5. The molecule has 1 unspecified atom stereocenters. The molecule has 2 heteroatoms. The molecule has 0 aromatic rings. The van der Waals surface area contributed by atoms with Crippen molar-refractivity contribution in [3.8, 4) is 0 Å². The Morgan fingerprint density at radius 3 is 2.55 bits per heavy atom. The van der Waals surface area contributed by atoms with Gasteiger partial charge >= 0.3 is 0 Å². The van der Waals surface area contributed by atoms with Crippen LogP contribution in [0.5, 0.6) is 0 Å². The first kappa shape index (κ1) is 11.1. The monoisotopic (exact) mass is 173 g/mol. The van der Waals surface area contributed by atoms with Crippen molar-refractivity contribution in [1.82, 2.24) is 4.90 Å². The van der Waals surface area contributed by atoms with Crippen molar-refractivity contribution >= 4 is 12.6 Å². The minimum atomic E-state index is 0.680. The Labute approximate surface area is 75.9 Å². The van der Waals surface area contributed by atoms with Crippen molar-refractivity contribution in [3.63, 3.8) is 0 Å². The second-order valence-electron chi connectivity index (χ2n) is 2.85. The van der Waals surface area contributed by atoms with Gasteiger partial charge in [-0.25, -0.2) is 0 Å². The van der Waals surface area contributed by atoms with Gasteiger partial charge in [-0.05, 0) is 20.4 Å². The molecule has 11 heavy (non-hydrogen) atoms. The maximum Gasteiger partial charge on any atom is 0.0163 e. The molecule has 0 rings (SSSR count). The van der Waals surface area contributed by atoms with Crippen LogP contribution < -0.4 is 0 Å². The van der Waals surface area contributed by atoms with Crippen LogP contribution in [-0.2, 0) is 0 Å². The third kappa shape index (κ3) is 5.33. The van der Waals surface area contributed by atoms with E-state index in [1.54, 1.807) is 0 Å². The summed E-state index contributed by atoms with van der Waals surface area (Å²) in [6.07, 6.45) is 5.46. The molecule has 0 aromatic heterocycles. The highest BCUT2D eigenvalue weighted by molar-refractivity contribution is 7.80. The first-order chi connectivity index (χ1) is 5.22. The highest BCUT2D eigenvalue weighted by Crippen LogP contribution is 1.99. The Hall–Kier alpha value is 0.0500. The zero-order chi connectivity index (χ0) is 8.69. The Kier molecular flexibility index (Phi) is 6.77. The fourth-order valence-corrected chi connectivity index (χ4v) is 0.956. The predicted molar refractivity (Wildman–Crippen MR) is 55.4 cm³/mol. The van der Waals surface area contributed by atoms with Gasteiger partial charge in [-0.3, -0.25) is 0 Å². The molecule has 0 spiro atoms. The van der Waals surface area contributed by atoms with Gasteiger partial charge in [-0.15, -0.1) is 0 Å². The molecule has 0 fully saturated rings. The second-order valence-corrected chi connectivity index (χ2v) is 3.22. The fraction of sp³-hybridized carbons (Fsp3) is 0.778. The maximum absolute atomic E-state index is 4.09. The molecule has 0 saturated carbocycles. The van der Waals surface area contributed by atoms with Crippen LogP contribution in [0, 0.1) is 0 Å². The third-order valence-electron chi connectivity index (χ3n) is 2.01. The lowest BCUT2D eigenvalue weighted by molar-refractivity contribution is 0.278. The summed E-state index contributed by atoms with van der Waals surface area (Å²) in [5, 5.41) is 0. The molecule has 0 aliphatic heterocycles. The van der Waals surface area contributed by atoms with Gasteiger partial charge in [-0.2, -0.15) is 12.6 Å². The molecular weight excluding hydrogens is 154 g/mol. The lowest BCUT2D eigenvalue weighted by Crippen LogP contribution is -2.28. The summed E-state index contributed by atoms with van der Waals surface area (Å²) in [5.41, 5.74) is 0. The number of hydrogen-bond donors (Lipinski definition) is 1. The van der Waals surface area contributed by atoms with Gasteiger partial charge in [-0.1, -0.05) is 19.1 Å². The lowest BCUT2D eigenvalue weighted by Gasteiger charge is -2.21. The molecular formula is C9H19NS. The standard InChI is InChI=1S/C9H19NS/c1-4-9(2)10(3)7-5-6-8-11/h5-6,9,11H,4,7-8H2,1-3H3. The van der Waals surface area contributed by atoms with Crippen LogP contribution in [0.1, 0.15) is 20.3 Å². The summed E-state index contributed by atoms with van der Waals surface area (Å²) < 4.78 is 0. The van der Waals surface area contributed by atoms with Crippen molar-refractivity contribution in [2.75, 3.05) is 19.3 Å². The van der Waals surface area contributed by atoms with Gasteiger partial charge in [0.25, 0.3) is 0 Å². The minimum absolute atomic E-state index is 0.680. The van der Waals surface area contributed by atoms with E-state index >= 15 is 0 Å². The highest BCUT2D eigenvalue weighted by Gasteiger charge is 2.02. The van der Waals surface area contributed by atoms with E-state index in [0.29, 0.717) is 6.04 Å². The molecule has 0 radical (unpaired) electrons. The van der Waals surface area contributed by atoms with Crippen molar-refractivity contribution in [3.05, 3.63) is 12.2 Å². The average Bonchev–Trinajstić information content (AvgIpc) is 2.03. The first-order valence-electron chi connectivity index (χ1n) is 4.18. The van der Waals surface area contributed by atoms with E-state index in [-0.39, 0.29) is 0 Å². The van der Waals surface area contributed by atoms with Crippen molar-refractivity contribution in [2.24, 2.45) is 0 Å². The SMILES string of the molecule is CCC(C)N(C)CC=CCS. The van der Waals surface area contributed by atoms with E-state index in [1.165, 1.54) is 6.42 Å². The number of thiol groups is 1. The molecule has 1 atom stereocenters. The molecule has 0 N–H and O–H groups in total. The zero-order valence-corrected chi connectivity index (χ0v) is 8.64. The van der Waals surface area contributed by atoms with Crippen LogP contribution in [-0.4, -0.2) is 30.3 Å². The third-order valence-corrected chi connectivity index (χ3v) is 2.22. The summed E-state index contributed by atoms with van der Waals surface area (Å²) in [7, 11) is 2.15. The lowest BCUT2D eigenvalue weighted by atomic mass is 10.2. The maximum atomic E-state index is 4.09. The van der Waals surface area contributed by atoms with E-state index in [1.807, 2.05) is 0 Å². The summed E-state index contributed by atoms with van der Waals surface area (Å²) >= 11 is 4.09. The number of nitrogens with zero attached hydrogens (tertiary/aromatic N) is 1. The Bertz CT molecular complexity index is 112. The van der Waals surface area contributed by atoms with Crippen LogP contribution in [0.25, 0.3) is 0 Å². The molecule has 66 valence electrons. The van der Waals surface area contributed by atoms with Crippen LogP contribution in [0.4, 0.5) is 0 Å². The minimum Gasteiger partial charge on any atom is -0.300 e. The van der Waals surface area contributed by atoms with Gasteiger partial charge in [0.15, 0.2) is 0 Å². The quantitative estimate of drug-likeness (QED) is 0.493. The van der Waals surface area contributed by atoms with Crippen molar-refractivity contribution in [2.45, 2.75) is 26.3 Å². The summed E-state index contributed by atoms with van der Waals surface area (Å²) in [5.74, 6) is 0.842. The highest BCUT2D eigenvalue weighted by atomic mass is 32.1. The molecule has 0 heterocycles. The smallest absolute Gasteiger partial charge is 0.0163 e. The number of likely N-dealkylation sites (N-methyl/N-ethyl adjacent to an activating group) is 1. The second kappa shape index (κ2) is 6.74. The van der Waals surface area contributed by atoms with E-state index in [4.69, 9.17) is 0 Å². The molecule has 1 nitrogen and oxygen atoms in total. The Balaban J connectivity index is 3.50. The van der Waals surface area contributed by atoms with Crippen molar-refractivity contribution < 1.29 is 0 Å². The van der Waals surface area contributed by atoms with Crippen LogP contribution in [0.15, 0.2) is 12.2 Å². The van der Waals surface area contributed by atoms with Crippen molar-refractivity contribution in [1.29, 1.82) is 0 Å². The average molecular weight is 173 g/mol. The molecule has 0 saturated heterocycles. The largest absolute Gasteiger partial charge is 0.300 e. The molecule has 0 aliphatic rings. The van der Waals surface area contributed by atoms with E-state index < -0.39 is 0 Å². The molecule has 0 aliphatic carbocycles.